The van der Waals surface area contributed by atoms with E-state index in [-0.39, 0.29) is 40.0 Å². The Labute approximate surface area is 72.3 Å². The molecule has 0 N–H and O–H groups in total. The maximum absolute atomic E-state index is 3.44. The molecule has 0 aliphatic carbocycles. The zero-order chi connectivity index (χ0) is 4.28. The van der Waals surface area contributed by atoms with Gasteiger partial charge in [0.15, 0.2) is 0 Å². The molecule has 0 fully saturated rings. The van der Waals surface area contributed by atoms with Gasteiger partial charge in [0, 0.05) is 0 Å². The van der Waals surface area contributed by atoms with Crippen molar-refractivity contribution in [2.24, 2.45) is 5.92 Å². The summed E-state index contributed by atoms with van der Waals surface area (Å²) in [5.74, 6) is 0.523. The van der Waals surface area contributed by atoms with Crippen LogP contribution in [0.5, 0.6) is 0 Å². The van der Waals surface area contributed by atoms with Crippen molar-refractivity contribution >= 4 is 23.1 Å². The second kappa shape index (κ2) is 10.1. The number of hydrogen-bond acceptors (Lipinski definition) is 0. The summed E-state index contributed by atoms with van der Waals surface area (Å²) in [7, 11) is 0. The maximum atomic E-state index is 3.44. The zero-order valence-electron chi connectivity index (χ0n) is 4.87. The molecule has 0 aromatic heterocycles. The number of halogens is 1. The van der Waals surface area contributed by atoms with Gasteiger partial charge in [0.1, 0.15) is 0 Å². The SMILES string of the molecule is C=[C-]C(C)C.[Br-].[Mg+2]. The molecule has 0 nitrogen and oxygen atoms in total. The summed E-state index contributed by atoms with van der Waals surface area (Å²) in [4.78, 5) is 0. The second-order valence-electron chi connectivity index (χ2n) is 1.36. The predicted octanol–water partition coefficient (Wildman–Crippen LogP) is -1.75. The van der Waals surface area contributed by atoms with Crippen LogP contribution in [0.25, 0.3) is 0 Å². The summed E-state index contributed by atoms with van der Waals surface area (Å²) in [6.45, 7) is 7.53. The van der Waals surface area contributed by atoms with E-state index in [9.17, 15) is 0 Å². The average molecular weight is 173 g/mol. The van der Waals surface area contributed by atoms with Crippen LogP contribution in [0.2, 0.25) is 0 Å². The maximum Gasteiger partial charge on any atom is 2.00 e. The van der Waals surface area contributed by atoms with E-state index in [1.165, 1.54) is 0 Å². The third-order valence-electron chi connectivity index (χ3n) is 0.408. The topological polar surface area (TPSA) is 0 Å². The van der Waals surface area contributed by atoms with Gasteiger partial charge in [-0.05, 0) is 0 Å². The Hall–Kier alpha value is 0.986. The van der Waals surface area contributed by atoms with Crippen LogP contribution in [-0.2, 0) is 0 Å². The van der Waals surface area contributed by atoms with Crippen LogP contribution in [-0.4, -0.2) is 23.1 Å². The molecule has 0 bridgehead atoms. The molecule has 0 amide bonds. The van der Waals surface area contributed by atoms with E-state index in [0.29, 0.717) is 5.92 Å². The molecular weight excluding hydrogens is 164 g/mol. The first-order chi connectivity index (χ1) is 2.27. The van der Waals surface area contributed by atoms with Crippen molar-refractivity contribution in [1.29, 1.82) is 0 Å². The molecule has 0 aliphatic heterocycles. The third kappa shape index (κ3) is 19.5. The van der Waals surface area contributed by atoms with Crippen molar-refractivity contribution in [2.45, 2.75) is 13.8 Å². The Morgan fingerprint density at radius 3 is 1.57 bits per heavy atom. The minimum absolute atomic E-state index is 0. The Bertz CT molecular complexity index is 35.1. The van der Waals surface area contributed by atoms with Gasteiger partial charge in [-0.15, -0.1) is 0 Å². The van der Waals surface area contributed by atoms with Gasteiger partial charge in [0.2, 0.25) is 0 Å². The van der Waals surface area contributed by atoms with Crippen LogP contribution in [0.4, 0.5) is 0 Å². The first-order valence-electron chi connectivity index (χ1n) is 1.80. The van der Waals surface area contributed by atoms with Crippen LogP contribution in [0.3, 0.4) is 0 Å². The molecule has 0 rings (SSSR count). The Kier molecular flexibility index (Phi) is 22.6. The number of hydrogen-bond donors (Lipinski definition) is 0. The Morgan fingerprint density at radius 2 is 1.57 bits per heavy atom. The Balaban J connectivity index is -0.0000000800. The van der Waals surface area contributed by atoms with Crippen molar-refractivity contribution in [3.63, 3.8) is 0 Å². The van der Waals surface area contributed by atoms with Crippen LogP contribution in [0, 0.1) is 12.0 Å². The van der Waals surface area contributed by atoms with Crippen LogP contribution >= 0.6 is 0 Å². The van der Waals surface area contributed by atoms with Crippen molar-refractivity contribution in [3.8, 4) is 0 Å². The number of allylic oxidation sites excluding steroid dienone is 1. The summed E-state index contributed by atoms with van der Waals surface area (Å²) in [6.07, 6.45) is 2.78. The fourth-order valence-corrected chi connectivity index (χ4v) is 0. The summed E-state index contributed by atoms with van der Waals surface area (Å²) in [5.41, 5.74) is 0. The second-order valence-corrected chi connectivity index (χ2v) is 1.36. The van der Waals surface area contributed by atoms with Gasteiger partial charge in [-0.2, -0.15) is 5.92 Å². The van der Waals surface area contributed by atoms with E-state index in [1.54, 1.807) is 0 Å². The summed E-state index contributed by atoms with van der Waals surface area (Å²) < 4.78 is 0. The van der Waals surface area contributed by atoms with Gasteiger partial charge < -0.3 is 23.1 Å². The van der Waals surface area contributed by atoms with Crippen LogP contribution in [0.1, 0.15) is 13.8 Å². The van der Waals surface area contributed by atoms with Gasteiger partial charge in [0.05, 0.1) is 0 Å². The molecule has 0 unspecified atom stereocenters. The molecule has 0 saturated carbocycles. The molecule has 0 aromatic carbocycles. The monoisotopic (exact) mass is 172 g/mol. The van der Waals surface area contributed by atoms with Crippen molar-refractivity contribution in [2.75, 3.05) is 0 Å². The molecule has 7 heavy (non-hydrogen) atoms. The van der Waals surface area contributed by atoms with Gasteiger partial charge in [-0.1, -0.05) is 13.8 Å². The van der Waals surface area contributed by atoms with Crippen LogP contribution < -0.4 is 17.0 Å². The molecule has 0 heterocycles. The van der Waals surface area contributed by atoms with E-state index in [0.717, 1.165) is 0 Å². The molecular formula is C5H9BrMg. The molecule has 0 aromatic rings. The van der Waals surface area contributed by atoms with E-state index in [1.807, 2.05) is 13.8 Å². The minimum atomic E-state index is 0. The first-order valence-corrected chi connectivity index (χ1v) is 1.80. The predicted molar refractivity (Wildman–Crippen MR) is 29.5 cm³/mol. The summed E-state index contributed by atoms with van der Waals surface area (Å²) >= 11 is 0. The largest absolute Gasteiger partial charge is 2.00 e. The summed E-state index contributed by atoms with van der Waals surface area (Å²) in [6, 6.07) is 0. The standard InChI is InChI=1S/C5H9.BrH.Mg/c1-4-5(2)3;;/h5H,1H2,2-3H3;1H;/q-1;;+2/p-1. The molecule has 0 aliphatic rings. The first kappa shape index (κ1) is 15.7. The molecule has 0 saturated heterocycles. The van der Waals surface area contributed by atoms with Gasteiger partial charge in [-0.25, -0.2) is 0 Å². The molecule has 0 atom stereocenters. The van der Waals surface area contributed by atoms with E-state index >= 15 is 0 Å². The van der Waals surface area contributed by atoms with Crippen molar-refractivity contribution < 1.29 is 17.0 Å². The van der Waals surface area contributed by atoms with Crippen LogP contribution in [0.15, 0.2) is 6.58 Å². The molecule has 2 heteroatoms. The van der Waals surface area contributed by atoms with Gasteiger partial charge in [-0.3, -0.25) is 6.58 Å². The van der Waals surface area contributed by atoms with E-state index in [2.05, 4.69) is 12.7 Å². The Morgan fingerprint density at radius 1 is 1.43 bits per heavy atom. The number of rotatable bonds is 1. The average Bonchev–Trinajstić information content (AvgIpc) is 1.38. The van der Waals surface area contributed by atoms with E-state index in [4.69, 9.17) is 0 Å². The quantitative estimate of drug-likeness (QED) is 0.326. The fourth-order valence-electron chi connectivity index (χ4n) is 0. The molecule has 0 spiro atoms. The molecule has 0 radical (unpaired) electrons. The van der Waals surface area contributed by atoms with Gasteiger partial charge >= 0.3 is 23.1 Å². The van der Waals surface area contributed by atoms with E-state index < -0.39 is 0 Å². The smallest absolute Gasteiger partial charge is 1.00 e. The van der Waals surface area contributed by atoms with Crippen molar-refractivity contribution in [1.82, 2.24) is 0 Å². The third-order valence-corrected chi connectivity index (χ3v) is 0.408. The molecule has 38 valence electrons. The zero-order valence-corrected chi connectivity index (χ0v) is 7.87. The fraction of sp³-hybridized carbons (Fsp3) is 0.600. The van der Waals surface area contributed by atoms with Crippen molar-refractivity contribution in [3.05, 3.63) is 12.7 Å². The van der Waals surface area contributed by atoms with Gasteiger partial charge in [0.25, 0.3) is 0 Å². The minimum Gasteiger partial charge on any atom is -1.00 e. The summed E-state index contributed by atoms with van der Waals surface area (Å²) in [5, 5.41) is 0. The normalized spacial score (nSPS) is 6.14.